The van der Waals surface area contributed by atoms with Gasteiger partial charge in [-0.15, -0.1) is 0 Å². The van der Waals surface area contributed by atoms with E-state index in [9.17, 15) is 0 Å². The maximum absolute atomic E-state index is 4.94. The van der Waals surface area contributed by atoms with Crippen molar-refractivity contribution in [2.24, 2.45) is 0 Å². The van der Waals surface area contributed by atoms with E-state index in [1.54, 1.807) is 10.0 Å². The Hall–Kier alpha value is -1.89. The number of rotatable bonds is 3. The van der Waals surface area contributed by atoms with E-state index < -0.39 is 0 Å². The average molecular weight is 364 g/mol. The molecule has 0 bridgehead atoms. The molecule has 0 amide bonds. The van der Waals surface area contributed by atoms with Crippen molar-refractivity contribution in [3.63, 3.8) is 0 Å². The number of aryl methyl sites for hydroxylation is 1. The Labute approximate surface area is 143 Å². The molecule has 1 aromatic heterocycles. The molecule has 0 aliphatic heterocycles. The van der Waals surface area contributed by atoms with Crippen LogP contribution in [0.5, 0.6) is 0 Å². The summed E-state index contributed by atoms with van der Waals surface area (Å²) in [4.78, 5) is 0. The van der Waals surface area contributed by atoms with Crippen LogP contribution in [0.3, 0.4) is 0 Å². The van der Waals surface area contributed by atoms with Crippen LogP contribution in [0, 0.1) is 0 Å². The zero-order valence-corrected chi connectivity index (χ0v) is 14.7. The minimum absolute atomic E-state index is 0.335. The molecule has 1 nitrogen and oxygen atoms in total. The van der Waals surface area contributed by atoms with E-state index in [-0.39, 0.29) is 0 Å². The van der Waals surface area contributed by atoms with E-state index in [4.69, 9.17) is 3.98 Å². The number of benzene rings is 2. The van der Waals surface area contributed by atoms with Crippen molar-refractivity contribution in [3.05, 3.63) is 75.7 Å². The fourth-order valence-electron chi connectivity index (χ4n) is 3.20. The zero-order chi connectivity index (χ0) is 15.5. The Bertz CT molecular complexity index is 830. The van der Waals surface area contributed by atoms with Gasteiger partial charge in [0.05, 0.1) is 0 Å². The van der Waals surface area contributed by atoms with Gasteiger partial charge in [0.2, 0.25) is 0 Å². The molecule has 0 atom stereocenters. The maximum atomic E-state index is 4.94. The van der Waals surface area contributed by atoms with E-state index in [2.05, 4.69) is 66.7 Å². The second kappa shape index (κ2) is 6.70. The molecule has 2 heteroatoms. The first-order valence-electron chi connectivity index (χ1n) is 8.22. The summed E-state index contributed by atoms with van der Waals surface area (Å²) < 4.78 is 6.58. The third-order valence-corrected chi connectivity index (χ3v) is 6.40. The van der Waals surface area contributed by atoms with Crippen molar-refractivity contribution in [1.29, 1.82) is 0 Å². The molecule has 0 unspecified atom stereocenters. The summed E-state index contributed by atoms with van der Waals surface area (Å²) in [6.07, 6.45) is 9.56. The first-order chi connectivity index (χ1) is 11.4. The fraction of sp³-hybridized carbons (Fsp3) is 0.190. The van der Waals surface area contributed by atoms with Gasteiger partial charge in [-0.3, -0.25) is 0 Å². The second-order valence-electron chi connectivity index (χ2n) is 5.97. The van der Waals surface area contributed by atoms with Crippen molar-refractivity contribution in [3.8, 4) is 11.3 Å². The Morgan fingerprint density at radius 1 is 0.826 bits per heavy atom. The van der Waals surface area contributed by atoms with Crippen LogP contribution in [-0.4, -0.2) is 18.7 Å². The SMILES string of the molecule is C(=C\c1ccccc1-c1n[se]c2c1CCCC2)/c1ccccc1. The van der Waals surface area contributed by atoms with Crippen molar-refractivity contribution < 1.29 is 0 Å². The number of hydrogen-bond acceptors (Lipinski definition) is 1. The summed E-state index contributed by atoms with van der Waals surface area (Å²) in [5.74, 6) is 0. The Kier molecular flexibility index (Phi) is 4.28. The van der Waals surface area contributed by atoms with Crippen molar-refractivity contribution >= 4 is 26.9 Å². The summed E-state index contributed by atoms with van der Waals surface area (Å²) >= 11 is 0.335. The summed E-state index contributed by atoms with van der Waals surface area (Å²) in [6, 6.07) is 19.2. The Morgan fingerprint density at radius 3 is 2.52 bits per heavy atom. The predicted octanol–water partition coefficient (Wildman–Crippen LogP) is 4.85. The van der Waals surface area contributed by atoms with Crippen LogP contribution < -0.4 is 0 Å². The van der Waals surface area contributed by atoms with Crippen LogP contribution in [-0.2, 0) is 12.8 Å². The van der Waals surface area contributed by atoms with Crippen LogP contribution in [0.2, 0.25) is 0 Å². The zero-order valence-electron chi connectivity index (χ0n) is 13.0. The second-order valence-corrected chi connectivity index (χ2v) is 7.77. The predicted molar refractivity (Wildman–Crippen MR) is 98.6 cm³/mol. The van der Waals surface area contributed by atoms with Crippen molar-refractivity contribution in [2.75, 3.05) is 0 Å². The molecule has 1 heterocycles. The molecule has 1 aliphatic carbocycles. The quantitative estimate of drug-likeness (QED) is 0.478. The molecule has 114 valence electrons. The van der Waals surface area contributed by atoms with Gasteiger partial charge < -0.3 is 0 Å². The summed E-state index contributed by atoms with van der Waals surface area (Å²) in [5, 5.41) is 0. The van der Waals surface area contributed by atoms with E-state index >= 15 is 0 Å². The number of hydrogen-bond donors (Lipinski definition) is 0. The third kappa shape index (κ3) is 3.10. The molecule has 23 heavy (non-hydrogen) atoms. The molecule has 0 N–H and O–H groups in total. The average Bonchev–Trinajstić information content (AvgIpc) is 3.05. The van der Waals surface area contributed by atoms with Gasteiger partial charge in [-0.1, -0.05) is 0 Å². The van der Waals surface area contributed by atoms with Gasteiger partial charge in [-0.25, -0.2) is 0 Å². The number of fused-ring (bicyclic) bond motifs is 1. The van der Waals surface area contributed by atoms with E-state index in [0.29, 0.717) is 14.7 Å². The normalized spacial score (nSPS) is 14.1. The van der Waals surface area contributed by atoms with Crippen LogP contribution in [0.4, 0.5) is 0 Å². The number of aromatic nitrogens is 1. The molecule has 1 aliphatic rings. The van der Waals surface area contributed by atoms with E-state index in [0.717, 1.165) is 0 Å². The molecule has 0 radical (unpaired) electrons. The summed E-state index contributed by atoms with van der Waals surface area (Å²) in [6.45, 7) is 0. The van der Waals surface area contributed by atoms with Gasteiger partial charge in [0.15, 0.2) is 0 Å². The topological polar surface area (TPSA) is 12.9 Å². The van der Waals surface area contributed by atoms with Crippen LogP contribution in [0.15, 0.2) is 54.6 Å². The molecule has 0 spiro atoms. The van der Waals surface area contributed by atoms with E-state index in [1.165, 1.54) is 48.1 Å². The van der Waals surface area contributed by atoms with Gasteiger partial charge >= 0.3 is 144 Å². The molecular weight excluding hydrogens is 345 g/mol. The first-order valence-corrected chi connectivity index (χ1v) is 9.84. The van der Waals surface area contributed by atoms with Gasteiger partial charge in [0.25, 0.3) is 0 Å². The summed E-state index contributed by atoms with van der Waals surface area (Å²) in [5.41, 5.74) is 6.63. The van der Waals surface area contributed by atoms with Crippen LogP contribution in [0.1, 0.15) is 34.0 Å². The monoisotopic (exact) mass is 365 g/mol. The molecule has 0 saturated heterocycles. The first kappa shape index (κ1) is 14.7. The van der Waals surface area contributed by atoms with Gasteiger partial charge in [-0.05, 0) is 0 Å². The molecule has 4 rings (SSSR count). The summed E-state index contributed by atoms with van der Waals surface area (Å²) in [7, 11) is 0. The van der Waals surface area contributed by atoms with Gasteiger partial charge in [0, 0.05) is 0 Å². The Balaban J connectivity index is 1.73. The minimum atomic E-state index is 0.335. The number of nitrogens with zero attached hydrogens (tertiary/aromatic N) is 1. The third-order valence-electron chi connectivity index (χ3n) is 4.42. The van der Waals surface area contributed by atoms with Gasteiger partial charge in [0.1, 0.15) is 0 Å². The molecule has 0 fully saturated rings. The fourth-order valence-corrected chi connectivity index (χ4v) is 5.21. The van der Waals surface area contributed by atoms with Crippen LogP contribution in [0.25, 0.3) is 23.4 Å². The van der Waals surface area contributed by atoms with Crippen molar-refractivity contribution in [1.82, 2.24) is 3.98 Å². The molecule has 0 saturated carbocycles. The standard InChI is InChI=1S/C21H19NSe/c1-2-8-16(9-3-1)14-15-17-10-4-5-11-18(17)21-19-12-6-7-13-20(19)23-22-21/h1-5,8-11,14-15H,6-7,12-13H2/b15-14+. The molecule has 3 aromatic rings. The molecule has 2 aromatic carbocycles. The Morgan fingerprint density at radius 2 is 1.61 bits per heavy atom. The van der Waals surface area contributed by atoms with Crippen molar-refractivity contribution in [2.45, 2.75) is 25.7 Å². The van der Waals surface area contributed by atoms with Gasteiger partial charge in [-0.2, -0.15) is 0 Å². The van der Waals surface area contributed by atoms with Crippen LogP contribution >= 0.6 is 0 Å². The molecular formula is C21H19NSe. The van der Waals surface area contributed by atoms with E-state index in [1.807, 2.05) is 0 Å².